The average Bonchev–Trinajstić information content (AvgIpc) is 2.37. The fourth-order valence-electron chi connectivity index (χ4n) is 1.21. The second kappa shape index (κ2) is 7.32. The Morgan fingerprint density at radius 3 is 2.44 bits per heavy atom. The fourth-order valence-corrected chi connectivity index (χ4v) is 1.21. The molecule has 0 aliphatic carbocycles. The lowest BCUT2D eigenvalue weighted by Crippen LogP contribution is -2.15. The quantitative estimate of drug-likeness (QED) is 0.594. The van der Waals surface area contributed by atoms with Crippen LogP contribution >= 0.6 is 0 Å². The molecule has 0 amide bonds. The van der Waals surface area contributed by atoms with Crippen LogP contribution in [0, 0.1) is 0 Å². The van der Waals surface area contributed by atoms with Gasteiger partial charge in [-0.15, -0.1) is 0 Å². The van der Waals surface area contributed by atoms with Crippen LogP contribution < -0.4 is 4.74 Å². The second-order valence-electron chi connectivity index (χ2n) is 3.69. The number of carbonyl (C=O) groups is 2. The molecule has 1 aromatic carbocycles. The van der Waals surface area contributed by atoms with Crippen molar-refractivity contribution in [3.63, 3.8) is 0 Å². The Balaban J connectivity index is 2.34. The number of unbranched alkanes of at least 4 members (excludes halogenated alkanes) is 1. The van der Waals surface area contributed by atoms with Gasteiger partial charge in [-0.3, -0.25) is 0 Å². The summed E-state index contributed by atoms with van der Waals surface area (Å²) in [7, 11) is 0. The highest BCUT2D eigenvalue weighted by Crippen LogP contribution is 2.12. The number of carboxylic acid groups (broad SMARTS) is 1. The number of hydrogen-bond acceptors (Lipinski definition) is 4. The van der Waals surface area contributed by atoms with E-state index < -0.39 is 11.9 Å². The Hall–Kier alpha value is -2.04. The molecule has 0 saturated heterocycles. The number of hydrogen-bond donors (Lipinski definition) is 1. The van der Waals surface area contributed by atoms with Gasteiger partial charge in [0.1, 0.15) is 5.75 Å². The van der Waals surface area contributed by atoms with Crippen LogP contribution in [0.15, 0.2) is 24.3 Å². The summed E-state index contributed by atoms with van der Waals surface area (Å²) in [4.78, 5) is 21.8. The standard InChI is InChI=1S/C13H16O5/c1-2-3-8-17-12(14)9-18-11-6-4-10(5-7-11)13(15)16/h4-7H,2-3,8-9H2,1H3,(H,15,16). The lowest BCUT2D eigenvalue weighted by Gasteiger charge is -2.06. The molecule has 5 nitrogen and oxygen atoms in total. The van der Waals surface area contributed by atoms with Crippen molar-refractivity contribution in [3.8, 4) is 5.75 Å². The zero-order valence-corrected chi connectivity index (χ0v) is 10.2. The predicted octanol–water partition coefficient (Wildman–Crippen LogP) is 2.11. The summed E-state index contributed by atoms with van der Waals surface area (Å²) in [6.07, 6.45) is 1.80. The van der Waals surface area contributed by atoms with E-state index in [2.05, 4.69) is 0 Å². The van der Waals surface area contributed by atoms with E-state index in [0.717, 1.165) is 12.8 Å². The molecule has 0 heterocycles. The summed E-state index contributed by atoms with van der Waals surface area (Å²) in [5.41, 5.74) is 0.174. The molecule has 5 heteroatoms. The predicted molar refractivity (Wildman–Crippen MR) is 64.8 cm³/mol. The number of ether oxygens (including phenoxy) is 2. The molecular formula is C13H16O5. The molecular weight excluding hydrogens is 236 g/mol. The van der Waals surface area contributed by atoms with Crippen molar-refractivity contribution in [1.82, 2.24) is 0 Å². The van der Waals surface area contributed by atoms with Crippen LogP contribution in [0.2, 0.25) is 0 Å². The van der Waals surface area contributed by atoms with Crippen molar-refractivity contribution in [3.05, 3.63) is 29.8 Å². The van der Waals surface area contributed by atoms with Crippen LogP contribution in [0.5, 0.6) is 5.75 Å². The molecule has 98 valence electrons. The first-order valence-corrected chi connectivity index (χ1v) is 5.75. The summed E-state index contributed by atoms with van der Waals surface area (Å²) < 4.78 is 10.1. The number of benzene rings is 1. The van der Waals surface area contributed by atoms with Gasteiger partial charge in [0.2, 0.25) is 0 Å². The Morgan fingerprint density at radius 2 is 1.89 bits per heavy atom. The number of aromatic carboxylic acids is 1. The lowest BCUT2D eigenvalue weighted by molar-refractivity contribution is -0.146. The zero-order valence-electron chi connectivity index (χ0n) is 10.2. The molecule has 0 aliphatic heterocycles. The van der Waals surface area contributed by atoms with Gasteiger partial charge in [0.05, 0.1) is 12.2 Å². The number of esters is 1. The van der Waals surface area contributed by atoms with Crippen molar-refractivity contribution >= 4 is 11.9 Å². The molecule has 0 atom stereocenters. The molecule has 0 unspecified atom stereocenters. The molecule has 1 aromatic rings. The monoisotopic (exact) mass is 252 g/mol. The van der Waals surface area contributed by atoms with Crippen molar-refractivity contribution in [2.45, 2.75) is 19.8 Å². The normalized spacial score (nSPS) is 9.83. The van der Waals surface area contributed by atoms with Gasteiger partial charge < -0.3 is 14.6 Å². The second-order valence-corrected chi connectivity index (χ2v) is 3.69. The summed E-state index contributed by atoms with van der Waals surface area (Å²) >= 11 is 0. The van der Waals surface area contributed by atoms with E-state index in [9.17, 15) is 9.59 Å². The molecule has 0 aliphatic rings. The van der Waals surface area contributed by atoms with Crippen LogP contribution in [-0.4, -0.2) is 30.3 Å². The first kappa shape index (κ1) is 14.0. The van der Waals surface area contributed by atoms with Crippen LogP contribution in [0.25, 0.3) is 0 Å². The molecule has 0 spiro atoms. The summed E-state index contributed by atoms with van der Waals surface area (Å²) in [5.74, 6) is -0.987. The zero-order chi connectivity index (χ0) is 13.4. The van der Waals surface area contributed by atoms with Crippen LogP contribution in [0.1, 0.15) is 30.1 Å². The first-order valence-electron chi connectivity index (χ1n) is 5.75. The maximum atomic E-state index is 11.2. The molecule has 18 heavy (non-hydrogen) atoms. The maximum Gasteiger partial charge on any atom is 0.344 e. The Bertz CT molecular complexity index is 396. The van der Waals surface area contributed by atoms with Crippen molar-refractivity contribution in [2.24, 2.45) is 0 Å². The van der Waals surface area contributed by atoms with Gasteiger partial charge in [0.25, 0.3) is 0 Å². The average molecular weight is 252 g/mol. The topological polar surface area (TPSA) is 72.8 Å². The van der Waals surface area contributed by atoms with Crippen LogP contribution in [0.4, 0.5) is 0 Å². The van der Waals surface area contributed by atoms with Crippen LogP contribution in [-0.2, 0) is 9.53 Å². The maximum absolute atomic E-state index is 11.2. The minimum atomic E-state index is -1.000. The van der Waals surface area contributed by atoms with Gasteiger partial charge in [-0.2, -0.15) is 0 Å². The third kappa shape index (κ3) is 4.86. The van der Waals surface area contributed by atoms with Crippen LogP contribution in [0.3, 0.4) is 0 Å². The number of carbonyl (C=O) groups excluding carboxylic acids is 1. The van der Waals surface area contributed by atoms with Gasteiger partial charge in [0, 0.05) is 0 Å². The number of carboxylic acids is 1. The molecule has 0 aromatic heterocycles. The molecule has 0 bridgehead atoms. The Kier molecular flexibility index (Phi) is 5.70. The van der Waals surface area contributed by atoms with E-state index in [0.29, 0.717) is 12.4 Å². The third-order valence-corrected chi connectivity index (χ3v) is 2.22. The van der Waals surface area contributed by atoms with E-state index in [1.807, 2.05) is 6.92 Å². The Morgan fingerprint density at radius 1 is 1.22 bits per heavy atom. The van der Waals surface area contributed by atoms with Gasteiger partial charge >= 0.3 is 11.9 Å². The summed E-state index contributed by atoms with van der Waals surface area (Å²) in [6, 6.07) is 5.84. The van der Waals surface area contributed by atoms with E-state index in [-0.39, 0.29) is 12.2 Å². The highest BCUT2D eigenvalue weighted by molar-refractivity contribution is 5.87. The van der Waals surface area contributed by atoms with Gasteiger partial charge in [-0.25, -0.2) is 9.59 Å². The molecule has 0 fully saturated rings. The van der Waals surface area contributed by atoms with Crippen molar-refractivity contribution in [2.75, 3.05) is 13.2 Å². The highest BCUT2D eigenvalue weighted by atomic mass is 16.6. The minimum Gasteiger partial charge on any atom is -0.482 e. The highest BCUT2D eigenvalue weighted by Gasteiger charge is 2.05. The first-order chi connectivity index (χ1) is 8.63. The third-order valence-electron chi connectivity index (χ3n) is 2.22. The van der Waals surface area contributed by atoms with E-state index in [4.69, 9.17) is 14.6 Å². The summed E-state index contributed by atoms with van der Waals surface area (Å²) in [6.45, 7) is 2.24. The SMILES string of the molecule is CCCCOC(=O)COc1ccc(C(=O)O)cc1. The summed E-state index contributed by atoms with van der Waals surface area (Å²) in [5, 5.41) is 8.70. The molecule has 0 radical (unpaired) electrons. The lowest BCUT2D eigenvalue weighted by atomic mass is 10.2. The smallest absolute Gasteiger partial charge is 0.344 e. The fraction of sp³-hybridized carbons (Fsp3) is 0.385. The molecule has 0 saturated carbocycles. The molecule has 1 N–H and O–H groups in total. The van der Waals surface area contributed by atoms with Crippen molar-refractivity contribution in [1.29, 1.82) is 0 Å². The largest absolute Gasteiger partial charge is 0.482 e. The van der Waals surface area contributed by atoms with Crippen molar-refractivity contribution < 1.29 is 24.2 Å². The van der Waals surface area contributed by atoms with Gasteiger partial charge in [0.15, 0.2) is 6.61 Å². The number of rotatable bonds is 7. The van der Waals surface area contributed by atoms with E-state index in [1.165, 1.54) is 24.3 Å². The van der Waals surface area contributed by atoms with Gasteiger partial charge in [-0.05, 0) is 30.7 Å². The van der Waals surface area contributed by atoms with Gasteiger partial charge in [-0.1, -0.05) is 13.3 Å². The molecule has 1 rings (SSSR count). The minimum absolute atomic E-state index is 0.171. The van der Waals surface area contributed by atoms with E-state index in [1.54, 1.807) is 0 Å². The van der Waals surface area contributed by atoms with E-state index >= 15 is 0 Å². The Labute approximate surface area is 105 Å².